The van der Waals surface area contributed by atoms with Crippen LogP contribution in [0.2, 0.25) is 0 Å². The van der Waals surface area contributed by atoms with Crippen molar-refractivity contribution in [1.82, 2.24) is 4.90 Å². The van der Waals surface area contributed by atoms with Crippen molar-refractivity contribution >= 4 is 0 Å². The van der Waals surface area contributed by atoms with Gasteiger partial charge in [0.25, 0.3) is 0 Å². The van der Waals surface area contributed by atoms with Gasteiger partial charge in [-0.05, 0) is 60.4 Å². The second kappa shape index (κ2) is 4.49. The Bertz CT molecular complexity index is 522. The van der Waals surface area contributed by atoms with Gasteiger partial charge in [-0.2, -0.15) is 0 Å². The molecule has 1 aliphatic heterocycles. The van der Waals surface area contributed by atoms with Crippen LogP contribution < -0.4 is 0 Å². The molecule has 1 aromatic rings. The minimum absolute atomic E-state index is 0.118. The molecule has 0 radical (unpaired) electrons. The first-order chi connectivity index (χ1) is 9.41. The van der Waals surface area contributed by atoms with Crippen LogP contribution in [0.5, 0.6) is 5.75 Å². The molecule has 2 atom stereocenters. The second-order valence-electron chi connectivity index (χ2n) is 7.35. The molecule has 20 heavy (non-hydrogen) atoms. The van der Waals surface area contributed by atoms with Gasteiger partial charge in [-0.3, -0.25) is 4.90 Å². The Hall–Kier alpha value is -1.02. The van der Waals surface area contributed by atoms with Crippen molar-refractivity contribution < 1.29 is 5.11 Å². The highest BCUT2D eigenvalue weighted by Crippen LogP contribution is 2.57. The number of phenols is 1. The van der Waals surface area contributed by atoms with Crippen LogP contribution in [0.15, 0.2) is 18.2 Å². The molecule has 1 saturated heterocycles. The molecule has 2 heteroatoms. The number of likely N-dealkylation sites (tertiary alicyclic amines) is 1. The second-order valence-corrected chi connectivity index (χ2v) is 7.35. The molecule has 0 amide bonds. The van der Waals surface area contributed by atoms with E-state index < -0.39 is 0 Å². The molecule has 2 unspecified atom stereocenters. The summed E-state index contributed by atoms with van der Waals surface area (Å²) in [5.74, 6) is 0.487. The van der Waals surface area contributed by atoms with Gasteiger partial charge >= 0.3 is 0 Å². The molecule has 1 heterocycles. The van der Waals surface area contributed by atoms with E-state index in [1.165, 1.54) is 37.1 Å². The van der Waals surface area contributed by atoms with Crippen LogP contribution in [-0.4, -0.2) is 29.1 Å². The number of nitrogens with zero attached hydrogens (tertiary/aromatic N) is 1. The predicted molar refractivity (Wildman–Crippen MR) is 83.2 cm³/mol. The lowest BCUT2D eigenvalue weighted by Crippen LogP contribution is -2.53. The Labute approximate surface area is 122 Å². The summed E-state index contributed by atoms with van der Waals surface area (Å²) in [5, 5.41) is 10.3. The quantitative estimate of drug-likeness (QED) is 0.888. The third kappa shape index (κ3) is 1.67. The smallest absolute Gasteiger partial charge is 0.119 e. The highest BCUT2D eigenvalue weighted by atomic mass is 16.3. The Morgan fingerprint density at radius 1 is 1.30 bits per heavy atom. The van der Waals surface area contributed by atoms with Crippen LogP contribution in [0.1, 0.15) is 51.7 Å². The van der Waals surface area contributed by atoms with Crippen LogP contribution in [0.4, 0.5) is 0 Å². The average molecular weight is 273 g/mol. The molecule has 110 valence electrons. The van der Waals surface area contributed by atoms with Crippen LogP contribution in [0.3, 0.4) is 0 Å². The highest BCUT2D eigenvalue weighted by molar-refractivity contribution is 5.48. The van der Waals surface area contributed by atoms with Gasteiger partial charge in [0, 0.05) is 6.04 Å². The first-order valence-electron chi connectivity index (χ1n) is 7.97. The summed E-state index contributed by atoms with van der Waals surface area (Å²) >= 11 is 0. The Kier molecular flexibility index (Phi) is 3.13. The molecular formula is C18H27NO. The van der Waals surface area contributed by atoms with Crippen molar-refractivity contribution in [2.75, 3.05) is 13.1 Å². The van der Waals surface area contributed by atoms with Gasteiger partial charge in [-0.25, -0.2) is 0 Å². The van der Waals surface area contributed by atoms with Gasteiger partial charge in [-0.1, -0.05) is 39.8 Å². The molecule has 1 N–H and O–H groups in total. The number of benzene rings is 1. The van der Waals surface area contributed by atoms with Crippen LogP contribution in [-0.2, 0) is 11.8 Å². The van der Waals surface area contributed by atoms with Crippen LogP contribution >= 0.6 is 0 Å². The number of hydrogen-bond donors (Lipinski definition) is 1. The summed E-state index contributed by atoms with van der Waals surface area (Å²) in [7, 11) is 0. The van der Waals surface area contributed by atoms with Crippen molar-refractivity contribution in [2.24, 2.45) is 5.41 Å². The maximum atomic E-state index is 10.3. The fraction of sp³-hybridized carbons (Fsp3) is 0.667. The molecule has 1 fully saturated rings. The van der Waals surface area contributed by atoms with E-state index in [2.05, 4.69) is 38.7 Å². The molecule has 2 nitrogen and oxygen atoms in total. The van der Waals surface area contributed by atoms with E-state index in [1.54, 1.807) is 0 Å². The zero-order chi connectivity index (χ0) is 14.5. The molecule has 2 aliphatic rings. The van der Waals surface area contributed by atoms with E-state index in [-0.39, 0.29) is 5.41 Å². The van der Waals surface area contributed by atoms with Crippen molar-refractivity contribution in [3.05, 3.63) is 29.3 Å². The van der Waals surface area contributed by atoms with Gasteiger partial charge < -0.3 is 5.11 Å². The SMILES string of the molecule is CCCN1CCC2(C)C1Cc1c(O)cccc1C2(C)C. The maximum absolute atomic E-state index is 10.3. The Balaban J connectivity index is 2.11. The normalized spacial score (nSPS) is 31.9. The fourth-order valence-electron chi connectivity index (χ4n) is 4.62. The molecular weight excluding hydrogens is 246 g/mol. The van der Waals surface area contributed by atoms with Gasteiger partial charge in [0.2, 0.25) is 0 Å². The zero-order valence-corrected chi connectivity index (χ0v) is 13.2. The summed E-state index contributed by atoms with van der Waals surface area (Å²) in [6, 6.07) is 6.63. The first-order valence-corrected chi connectivity index (χ1v) is 7.97. The summed E-state index contributed by atoms with van der Waals surface area (Å²) in [4.78, 5) is 2.65. The average Bonchev–Trinajstić information content (AvgIpc) is 2.71. The summed E-state index contributed by atoms with van der Waals surface area (Å²) in [5.41, 5.74) is 2.97. The fourth-order valence-corrected chi connectivity index (χ4v) is 4.62. The maximum Gasteiger partial charge on any atom is 0.119 e. The van der Waals surface area contributed by atoms with Crippen molar-refractivity contribution in [3.8, 4) is 5.75 Å². The molecule has 0 aromatic heterocycles. The van der Waals surface area contributed by atoms with Crippen LogP contribution in [0.25, 0.3) is 0 Å². The van der Waals surface area contributed by atoms with Crippen molar-refractivity contribution in [2.45, 2.75) is 58.4 Å². The monoisotopic (exact) mass is 273 g/mol. The third-order valence-electron chi connectivity index (χ3n) is 6.26. The van der Waals surface area contributed by atoms with E-state index >= 15 is 0 Å². The number of aromatic hydroxyl groups is 1. The van der Waals surface area contributed by atoms with E-state index in [9.17, 15) is 5.11 Å². The lowest BCUT2D eigenvalue weighted by atomic mass is 9.54. The number of phenolic OH excluding ortho intramolecular Hbond substituents is 1. The van der Waals surface area contributed by atoms with E-state index in [4.69, 9.17) is 0 Å². The van der Waals surface area contributed by atoms with Gasteiger partial charge in [0.1, 0.15) is 5.75 Å². The summed E-state index contributed by atoms with van der Waals surface area (Å²) in [6.45, 7) is 11.8. The predicted octanol–water partition coefficient (Wildman–Crippen LogP) is 3.72. The number of fused-ring (bicyclic) bond motifs is 2. The standard InChI is InChI=1S/C18H27NO/c1-5-10-19-11-9-18(4)16(19)12-13-14(17(18,2)3)7-6-8-15(13)20/h6-8,16,20H,5,9-12H2,1-4H3. The summed E-state index contributed by atoms with van der Waals surface area (Å²) in [6.07, 6.45) is 3.47. The first kappa shape index (κ1) is 13.9. The molecule has 1 aromatic carbocycles. The number of rotatable bonds is 2. The summed E-state index contributed by atoms with van der Waals surface area (Å²) < 4.78 is 0. The highest BCUT2D eigenvalue weighted by Gasteiger charge is 2.56. The van der Waals surface area contributed by atoms with E-state index in [0.717, 1.165) is 6.42 Å². The van der Waals surface area contributed by atoms with E-state index in [1.807, 2.05) is 12.1 Å². The third-order valence-corrected chi connectivity index (χ3v) is 6.26. The minimum Gasteiger partial charge on any atom is -0.508 e. The van der Waals surface area contributed by atoms with Gasteiger partial charge in [0.15, 0.2) is 0 Å². The number of hydrogen-bond acceptors (Lipinski definition) is 2. The van der Waals surface area contributed by atoms with Gasteiger partial charge in [-0.15, -0.1) is 0 Å². The molecule has 3 rings (SSSR count). The Morgan fingerprint density at radius 3 is 2.75 bits per heavy atom. The molecule has 0 bridgehead atoms. The van der Waals surface area contributed by atoms with Crippen LogP contribution in [0, 0.1) is 5.41 Å². The van der Waals surface area contributed by atoms with Gasteiger partial charge in [0.05, 0.1) is 0 Å². The lowest BCUT2D eigenvalue weighted by molar-refractivity contribution is 0.0792. The minimum atomic E-state index is 0.118. The zero-order valence-electron chi connectivity index (χ0n) is 13.2. The van der Waals surface area contributed by atoms with Crippen molar-refractivity contribution in [3.63, 3.8) is 0 Å². The lowest BCUT2D eigenvalue weighted by Gasteiger charge is -2.52. The van der Waals surface area contributed by atoms with E-state index in [0.29, 0.717) is 17.2 Å². The topological polar surface area (TPSA) is 23.5 Å². The van der Waals surface area contributed by atoms with Crippen molar-refractivity contribution in [1.29, 1.82) is 0 Å². The molecule has 0 saturated carbocycles. The largest absolute Gasteiger partial charge is 0.508 e. The Morgan fingerprint density at radius 2 is 2.05 bits per heavy atom. The molecule has 1 aliphatic carbocycles. The molecule has 0 spiro atoms.